The number of amides is 1. The molecule has 2 aromatic carbocycles. The average molecular weight is 431 g/mol. The lowest BCUT2D eigenvalue weighted by Crippen LogP contribution is -2.44. The van der Waals surface area contributed by atoms with Crippen molar-refractivity contribution < 1.29 is 17.9 Å². The predicted molar refractivity (Wildman–Crippen MR) is 118 cm³/mol. The van der Waals surface area contributed by atoms with Gasteiger partial charge in [-0.15, -0.1) is 0 Å². The Bertz CT molecular complexity index is 967. The number of carbonyl (C=O) groups excluding carboxylic acids is 1. The minimum Gasteiger partial charge on any atom is -0.492 e. The van der Waals surface area contributed by atoms with E-state index in [2.05, 4.69) is 0 Å². The van der Waals surface area contributed by atoms with Crippen LogP contribution in [0.4, 0.5) is 5.69 Å². The molecule has 6 nitrogen and oxygen atoms in total. The molecule has 0 saturated heterocycles. The minimum absolute atomic E-state index is 0.149. The number of aryl methyl sites for hydroxylation is 1. The van der Waals surface area contributed by atoms with E-state index in [-0.39, 0.29) is 23.4 Å². The Morgan fingerprint density at radius 2 is 1.70 bits per heavy atom. The molecule has 1 amide bonds. The van der Waals surface area contributed by atoms with Gasteiger partial charge >= 0.3 is 0 Å². The first-order valence-electron chi connectivity index (χ1n) is 10.4. The van der Waals surface area contributed by atoms with Gasteiger partial charge in [-0.2, -0.15) is 0 Å². The molecule has 0 spiro atoms. The molecule has 1 fully saturated rings. The van der Waals surface area contributed by atoms with Gasteiger partial charge in [-0.25, -0.2) is 8.42 Å². The monoisotopic (exact) mass is 430 g/mol. The van der Waals surface area contributed by atoms with Gasteiger partial charge in [0.05, 0.1) is 17.2 Å². The standard InChI is InChI=1S/C23H30N2O4S/c1-4-29-22-12-8-7-11-21(22)25(17-23(26)24(3)19-9-5-6-10-19)30(27,28)20-15-13-18(2)14-16-20/h7-8,11-16,19H,4-6,9-10,17H2,1-3H3. The van der Waals surface area contributed by atoms with Crippen molar-refractivity contribution in [3.8, 4) is 5.75 Å². The number of benzene rings is 2. The summed E-state index contributed by atoms with van der Waals surface area (Å²) in [7, 11) is -2.19. The van der Waals surface area contributed by atoms with E-state index in [0.29, 0.717) is 18.0 Å². The first kappa shape index (κ1) is 22.2. The molecule has 0 N–H and O–H groups in total. The first-order valence-corrected chi connectivity index (χ1v) is 11.9. The molecule has 0 atom stereocenters. The van der Waals surface area contributed by atoms with E-state index >= 15 is 0 Å². The van der Waals surface area contributed by atoms with Crippen molar-refractivity contribution in [2.24, 2.45) is 0 Å². The molecule has 0 aliphatic heterocycles. The minimum atomic E-state index is -3.96. The largest absolute Gasteiger partial charge is 0.492 e. The Morgan fingerprint density at radius 1 is 1.07 bits per heavy atom. The summed E-state index contributed by atoms with van der Waals surface area (Å²) in [5.74, 6) is 0.218. The number of likely N-dealkylation sites (N-methyl/N-ethyl adjacent to an activating group) is 1. The van der Waals surface area contributed by atoms with Crippen molar-refractivity contribution in [3.05, 3.63) is 54.1 Å². The summed E-state index contributed by atoms with van der Waals surface area (Å²) in [6.07, 6.45) is 4.12. The fourth-order valence-corrected chi connectivity index (χ4v) is 5.23. The second kappa shape index (κ2) is 9.51. The SMILES string of the molecule is CCOc1ccccc1N(CC(=O)N(C)C1CCCC1)S(=O)(=O)c1ccc(C)cc1. The summed E-state index contributed by atoms with van der Waals surface area (Å²) in [6.45, 7) is 3.87. The summed E-state index contributed by atoms with van der Waals surface area (Å²) in [6, 6.07) is 13.8. The van der Waals surface area contributed by atoms with Crippen LogP contribution in [-0.2, 0) is 14.8 Å². The highest BCUT2D eigenvalue weighted by Crippen LogP contribution is 2.33. The van der Waals surface area contributed by atoms with Crippen molar-refractivity contribution in [2.45, 2.75) is 50.5 Å². The van der Waals surface area contributed by atoms with E-state index < -0.39 is 10.0 Å². The number of hydrogen-bond donors (Lipinski definition) is 0. The first-order chi connectivity index (χ1) is 14.3. The molecule has 0 heterocycles. The van der Waals surface area contributed by atoms with Gasteiger partial charge in [0, 0.05) is 13.1 Å². The van der Waals surface area contributed by atoms with Gasteiger partial charge in [-0.1, -0.05) is 42.7 Å². The normalized spacial score (nSPS) is 14.5. The van der Waals surface area contributed by atoms with Crippen LogP contribution in [0.1, 0.15) is 38.2 Å². The van der Waals surface area contributed by atoms with Crippen LogP contribution in [0.15, 0.2) is 53.4 Å². The van der Waals surface area contributed by atoms with Crippen molar-refractivity contribution in [1.29, 1.82) is 0 Å². The van der Waals surface area contributed by atoms with Crippen LogP contribution in [0.5, 0.6) is 5.75 Å². The highest BCUT2D eigenvalue weighted by atomic mass is 32.2. The van der Waals surface area contributed by atoms with Crippen LogP contribution < -0.4 is 9.04 Å². The molecule has 2 aromatic rings. The van der Waals surface area contributed by atoms with Gasteiger partial charge in [0.1, 0.15) is 12.3 Å². The lowest BCUT2D eigenvalue weighted by atomic mass is 10.2. The third kappa shape index (κ3) is 4.78. The Kier molecular flexibility index (Phi) is 7.02. The lowest BCUT2D eigenvalue weighted by Gasteiger charge is -2.30. The summed E-state index contributed by atoms with van der Waals surface area (Å²) in [4.78, 5) is 14.9. The molecule has 0 bridgehead atoms. The Morgan fingerprint density at radius 3 is 2.33 bits per heavy atom. The summed E-state index contributed by atoms with van der Waals surface area (Å²) >= 11 is 0. The van der Waals surface area contributed by atoms with Crippen LogP contribution in [-0.4, -0.2) is 45.5 Å². The number of sulfonamides is 1. The molecule has 1 saturated carbocycles. The second-order valence-electron chi connectivity index (χ2n) is 7.67. The Labute approximate surface area is 179 Å². The number of anilines is 1. The van der Waals surface area contributed by atoms with Crippen LogP contribution in [0, 0.1) is 6.92 Å². The maximum absolute atomic E-state index is 13.6. The number of para-hydroxylation sites is 2. The maximum atomic E-state index is 13.6. The fourth-order valence-electron chi connectivity index (χ4n) is 3.81. The van der Waals surface area contributed by atoms with Crippen LogP contribution in [0.25, 0.3) is 0 Å². The van der Waals surface area contributed by atoms with E-state index in [1.165, 1.54) is 4.31 Å². The summed E-state index contributed by atoms with van der Waals surface area (Å²) < 4.78 is 34.0. The van der Waals surface area contributed by atoms with E-state index in [0.717, 1.165) is 31.2 Å². The highest BCUT2D eigenvalue weighted by molar-refractivity contribution is 7.92. The second-order valence-corrected chi connectivity index (χ2v) is 9.53. The van der Waals surface area contributed by atoms with Crippen LogP contribution in [0.3, 0.4) is 0 Å². The van der Waals surface area contributed by atoms with E-state index in [9.17, 15) is 13.2 Å². The summed E-state index contributed by atoms with van der Waals surface area (Å²) in [5, 5.41) is 0. The zero-order valence-electron chi connectivity index (χ0n) is 17.9. The smallest absolute Gasteiger partial charge is 0.264 e. The molecule has 0 radical (unpaired) electrons. The zero-order valence-corrected chi connectivity index (χ0v) is 18.7. The van der Waals surface area contributed by atoms with E-state index in [1.54, 1.807) is 60.5 Å². The average Bonchev–Trinajstić information content (AvgIpc) is 3.27. The molecular weight excluding hydrogens is 400 g/mol. The molecule has 0 unspecified atom stereocenters. The fraction of sp³-hybridized carbons (Fsp3) is 0.435. The molecule has 162 valence electrons. The Hall–Kier alpha value is -2.54. The van der Waals surface area contributed by atoms with Crippen molar-refractivity contribution in [3.63, 3.8) is 0 Å². The zero-order chi connectivity index (χ0) is 21.7. The lowest BCUT2D eigenvalue weighted by molar-refractivity contribution is -0.130. The van der Waals surface area contributed by atoms with Crippen molar-refractivity contribution in [1.82, 2.24) is 4.90 Å². The molecular formula is C23H30N2O4S. The third-order valence-corrected chi connectivity index (χ3v) is 7.36. The van der Waals surface area contributed by atoms with Gasteiger partial charge in [0.15, 0.2) is 0 Å². The number of rotatable bonds is 8. The number of hydrogen-bond acceptors (Lipinski definition) is 4. The third-order valence-electron chi connectivity index (χ3n) is 5.59. The number of carbonyl (C=O) groups is 1. The summed E-state index contributed by atoms with van der Waals surface area (Å²) in [5.41, 5.74) is 1.33. The molecule has 7 heteroatoms. The van der Waals surface area contributed by atoms with Crippen molar-refractivity contribution >= 4 is 21.6 Å². The predicted octanol–water partition coefficient (Wildman–Crippen LogP) is 3.99. The van der Waals surface area contributed by atoms with Gasteiger partial charge in [-0.05, 0) is 51.0 Å². The van der Waals surface area contributed by atoms with E-state index in [1.807, 2.05) is 13.8 Å². The Balaban J connectivity index is 2.00. The van der Waals surface area contributed by atoms with Gasteiger partial charge < -0.3 is 9.64 Å². The van der Waals surface area contributed by atoms with Gasteiger partial charge in [0.2, 0.25) is 5.91 Å². The topological polar surface area (TPSA) is 66.9 Å². The van der Waals surface area contributed by atoms with Crippen LogP contribution >= 0.6 is 0 Å². The molecule has 1 aliphatic rings. The van der Waals surface area contributed by atoms with Crippen LogP contribution in [0.2, 0.25) is 0 Å². The van der Waals surface area contributed by atoms with Gasteiger partial charge in [-0.3, -0.25) is 9.10 Å². The molecule has 0 aromatic heterocycles. The highest BCUT2D eigenvalue weighted by Gasteiger charge is 2.32. The van der Waals surface area contributed by atoms with Crippen molar-refractivity contribution in [2.75, 3.05) is 24.5 Å². The molecule has 3 rings (SSSR count). The molecule has 30 heavy (non-hydrogen) atoms. The van der Waals surface area contributed by atoms with Gasteiger partial charge in [0.25, 0.3) is 10.0 Å². The van der Waals surface area contributed by atoms with E-state index in [4.69, 9.17) is 4.74 Å². The molecule has 1 aliphatic carbocycles. The number of ether oxygens (including phenoxy) is 1. The quantitative estimate of drug-likeness (QED) is 0.635. The maximum Gasteiger partial charge on any atom is 0.264 e. The number of nitrogens with zero attached hydrogens (tertiary/aromatic N) is 2.